The van der Waals surface area contributed by atoms with E-state index in [-0.39, 0.29) is 18.8 Å². The van der Waals surface area contributed by atoms with Gasteiger partial charge in [0, 0.05) is 18.3 Å². The second kappa shape index (κ2) is 3.70. The average Bonchev–Trinajstić information content (AvgIpc) is 3.01. The third-order valence-electron chi connectivity index (χ3n) is 3.59. The first-order valence-electron chi connectivity index (χ1n) is 5.53. The molecule has 4 nitrogen and oxygen atoms in total. The second-order valence-corrected chi connectivity index (χ2v) is 5.39. The van der Waals surface area contributed by atoms with Crippen LogP contribution in [0.25, 0.3) is 0 Å². The van der Waals surface area contributed by atoms with E-state index in [9.17, 15) is 10.2 Å². The molecule has 0 radical (unpaired) electrons. The molecule has 2 aliphatic heterocycles. The summed E-state index contributed by atoms with van der Waals surface area (Å²) in [5.74, 6) is 0. The van der Waals surface area contributed by atoms with Gasteiger partial charge in [-0.15, -0.1) is 0 Å². The van der Waals surface area contributed by atoms with Gasteiger partial charge in [0.1, 0.15) is 0 Å². The molecule has 0 aliphatic carbocycles. The van der Waals surface area contributed by atoms with Gasteiger partial charge in [0.15, 0.2) is 0 Å². The lowest BCUT2D eigenvalue weighted by molar-refractivity contribution is -0.108. The van der Waals surface area contributed by atoms with Crippen LogP contribution in [-0.4, -0.2) is 47.8 Å². The van der Waals surface area contributed by atoms with Gasteiger partial charge in [0.05, 0.1) is 37.6 Å². The lowest BCUT2D eigenvalue weighted by atomic mass is 9.70. The van der Waals surface area contributed by atoms with Gasteiger partial charge in [0.2, 0.25) is 0 Å². The highest BCUT2D eigenvalue weighted by Crippen LogP contribution is 2.42. The van der Waals surface area contributed by atoms with Crippen LogP contribution >= 0.6 is 0 Å². The fraction of sp³-hybridized carbons (Fsp3) is 1.00. The van der Waals surface area contributed by atoms with Gasteiger partial charge < -0.3 is 19.7 Å². The highest BCUT2D eigenvalue weighted by Gasteiger charge is 2.49. The first kappa shape index (κ1) is 11.3. The summed E-state index contributed by atoms with van der Waals surface area (Å²) in [4.78, 5) is 0. The van der Waals surface area contributed by atoms with E-state index in [0.717, 1.165) is 13.2 Å². The van der Waals surface area contributed by atoms with Crippen LogP contribution in [0.3, 0.4) is 0 Å². The Kier molecular flexibility index (Phi) is 2.79. The van der Waals surface area contributed by atoms with Crippen LogP contribution < -0.4 is 0 Å². The molecule has 0 aromatic rings. The highest BCUT2D eigenvalue weighted by atomic mass is 16.6. The molecule has 2 unspecified atom stereocenters. The van der Waals surface area contributed by atoms with Crippen LogP contribution in [0.5, 0.6) is 0 Å². The molecule has 2 rings (SSSR count). The quantitative estimate of drug-likeness (QED) is 0.627. The van der Waals surface area contributed by atoms with Crippen molar-refractivity contribution in [1.29, 1.82) is 0 Å². The summed E-state index contributed by atoms with van der Waals surface area (Å²) in [5, 5.41) is 20.0. The fourth-order valence-electron chi connectivity index (χ4n) is 1.91. The Morgan fingerprint density at radius 1 is 1.13 bits per heavy atom. The Hall–Kier alpha value is -0.160. The van der Waals surface area contributed by atoms with E-state index in [1.807, 2.05) is 13.8 Å². The van der Waals surface area contributed by atoms with E-state index < -0.39 is 11.0 Å². The molecule has 0 aromatic carbocycles. The molecule has 0 bridgehead atoms. The minimum Gasteiger partial charge on any atom is -0.396 e. The Balaban J connectivity index is 2.03. The molecule has 2 fully saturated rings. The maximum absolute atomic E-state index is 10.6. The Morgan fingerprint density at radius 2 is 1.53 bits per heavy atom. The number of hydrogen-bond acceptors (Lipinski definition) is 4. The Morgan fingerprint density at radius 3 is 1.80 bits per heavy atom. The molecule has 0 spiro atoms. The maximum atomic E-state index is 10.6. The summed E-state index contributed by atoms with van der Waals surface area (Å²) in [6.45, 7) is 5.21. The third kappa shape index (κ3) is 2.50. The van der Waals surface area contributed by atoms with Crippen molar-refractivity contribution in [3.63, 3.8) is 0 Å². The van der Waals surface area contributed by atoms with Crippen LogP contribution in [0, 0.1) is 5.41 Å². The van der Waals surface area contributed by atoms with Gasteiger partial charge in [-0.3, -0.25) is 0 Å². The smallest absolute Gasteiger partial charge is 0.0837 e. The molecule has 2 heterocycles. The van der Waals surface area contributed by atoms with Crippen LogP contribution in [0.2, 0.25) is 0 Å². The van der Waals surface area contributed by atoms with Crippen molar-refractivity contribution in [2.75, 3.05) is 19.8 Å². The zero-order valence-corrected chi connectivity index (χ0v) is 9.40. The van der Waals surface area contributed by atoms with Gasteiger partial charge in [-0.2, -0.15) is 0 Å². The molecule has 2 aliphatic rings. The van der Waals surface area contributed by atoms with E-state index in [2.05, 4.69) is 0 Å². The van der Waals surface area contributed by atoms with Crippen molar-refractivity contribution in [3.05, 3.63) is 0 Å². The highest BCUT2D eigenvalue weighted by molar-refractivity contribution is 4.99. The van der Waals surface area contributed by atoms with Crippen LogP contribution in [0.1, 0.15) is 26.7 Å². The molecule has 15 heavy (non-hydrogen) atoms. The summed E-state index contributed by atoms with van der Waals surface area (Å²) in [6.07, 6.45) is 1.53. The lowest BCUT2D eigenvalue weighted by Crippen LogP contribution is -2.49. The number of ether oxygens (including phenoxy) is 2. The molecular formula is C11H20O4. The lowest BCUT2D eigenvalue weighted by Gasteiger charge is -2.41. The number of aliphatic hydroxyl groups excluding tert-OH is 1. The Bertz CT molecular complexity index is 217. The third-order valence-corrected chi connectivity index (χ3v) is 3.59. The minimum absolute atomic E-state index is 0.0249. The molecule has 2 saturated heterocycles. The number of rotatable bonds is 6. The average molecular weight is 216 g/mol. The zero-order valence-electron chi connectivity index (χ0n) is 9.40. The van der Waals surface area contributed by atoms with Crippen molar-refractivity contribution in [2.24, 2.45) is 5.41 Å². The largest absolute Gasteiger partial charge is 0.396 e. The van der Waals surface area contributed by atoms with Crippen LogP contribution in [0.15, 0.2) is 0 Å². The monoisotopic (exact) mass is 216 g/mol. The number of aliphatic hydroxyl groups is 2. The predicted molar refractivity (Wildman–Crippen MR) is 54.5 cm³/mol. The van der Waals surface area contributed by atoms with Gasteiger partial charge in [-0.1, -0.05) is 13.8 Å². The van der Waals surface area contributed by atoms with Crippen molar-refractivity contribution >= 4 is 0 Å². The SMILES string of the molecule is CC(C)(CO)C(O)(CC1CO1)CC1CO1. The van der Waals surface area contributed by atoms with Gasteiger partial charge >= 0.3 is 0 Å². The van der Waals surface area contributed by atoms with Crippen molar-refractivity contribution in [1.82, 2.24) is 0 Å². The predicted octanol–water partition coefficient (Wildman–Crippen LogP) is 0.314. The molecule has 0 aromatic heterocycles. The fourth-order valence-corrected chi connectivity index (χ4v) is 1.91. The summed E-state index contributed by atoms with van der Waals surface area (Å²) < 4.78 is 10.3. The van der Waals surface area contributed by atoms with E-state index in [0.29, 0.717) is 12.8 Å². The zero-order chi connectivity index (χ0) is 11.1. The summed E-state index contributed by atoms with van der Waals surface area (Å²) >= 11 is 0. The maximum Gasteiger partial charge on any atom is 0.0837 e. The van der Waals surface area contributed by atoms with Crippen LogP contribution in [0.4, 0.5) is 0 Å². The molecule has 4 heteroatoms. The van der Waals surface area contributed by atoms with Gasteiger partial charge in [-0.25, -0.2) is 0 Å². The topological polar surface area (TPSA) is 65.5 Å². The van der Waals surface area contributed by atoms with Crippen LogP contribution in [-0.2, 0) is 9.47 Å². The number of epoxide rings is 2. The molecule has 2 atom stereocenters. The first-order chi connectivity index (χ1) is 6.97. The van der Waals surface area contributed by atoms with E-state index in [1.54, 1.807) is 0 Å². The van der Waals surface area contributed by atoms with Gasteiger partial charge in [0.25, 0.3) is 0 Å². The van der Waals surface area contributed by atoms with E-state index >= 15 is 0 Å². The standard InChI is InChI=1S/C11H20O4/c1-10(2,7-12)11(13,3-8-5-14-8)4-9-6-15-9/h8-9,12-13H,3-7H2,1-2H3. The van der Waals surface area contributed by atoms with Crippen molar-refractivity contribution in [3.8, 4) is 0 Å². The molecule has 0 saturated carbocycles. The minimum atomic E-state index is -0.885. The van der Waals surface area contributed by atoms with E-state index in [4.69, 9.17) is 9.47 Å². The second-order valence-electron chi connectivity index (χ2n) is 5.39. The first-order valence-corrected chi connectivity index (χ1v) is 5.53. The van der Waals surface area contributed by atoms with Crippen molar-refractivity contribution < 1.29 is 19.7 Å². The normalized spacial score (nSPS) is 33.6. The molecule has 88 valence electrons. The molecule has 2 N–H and O–H groups in total. The molecular weight excluding hydrogens is 196 g/mol. The molecule has 0 amide bonds. The van der Waals surface area contributed by atoms with Crippen molar-refractivity contribution in [2.45, 2.75) is 44.5 Å². The number of hydrogen-bond donors (Lipinski definition) is 2. The summed E-state index contributed by atoms with van der Waals surface area (Å²) in [7, 11) is 0. The summed E-state index contributed by atoms with van der Waals surface area (Å²) in [5.41, 5.74) is -1.39. The summed E-state index contributed by atoms with van der Waals surface area (Å²) in [6, 6.07) is 0. The van der Waals surface area contributed by atoms with Gasteiger partial charge in [-0.05, 0) is 0 Å². The Labute approximate surface area is 90.2 Å². The van der Waals surface area contributed by atoms with E-state index in [1.165, 1.54) is 0 Å².